The Hall–Kier alpha value is -0.750. The number of aryl methyl sites for hydroxylation is 1. The number of nitrogens with zero attached hydrogens (tertiary/aromatic N) is 3. The number of thiazole rings is 1. The number of aromatic nitrogens is 1. The molecule has 1 saturated carbocycles. The Balaban J connectivity index is 1.59. The molecule has 3 rings (SSSR count). The Morgan fingerprint density at radius 2 is 2.22 bits per heavy atom. The van der Waals surface area contributed by atoms with Crippen molar-refractivity contribution in [2.75, 3.05) is 25.9 Å². The lowest BCUT2D eigenvalue weighted by atomic mass is 9.87. The lowest BCUT2D eigenvalue weighted by Crippen LogP contribution is -2.53. The Kier molecular flexibility index (Phi) is 5.85. The number of thioether (sulfide) groups is 1. The zero-order chi connectivity index (χ0) is 16.1. The Bertz CT molecular complexity index is 529. The van der Waals surface area contributed by atoms with Crippen molar-refractivity contribution in [2.45, 2.75) is 56.7 Å². The highest BCUT2D eigenvalue weighted by atomic mass is 32.2. The number of nitrogens with one attached hydrogen (secondary N) is 1. The van der Waals surface area contributed by atoms with Crippen LogP contribution >= 0.6 is 23.1 Å². The molecule has 1 aliphatic carbocycles. The van der Waals surface area contributed by atoms with Crippen LogP contribution in [0.5, 0.6) is 0 Å². The number of hydrogen-bond acceptors (Lipinski definition) is 4. The molecular weight excluding hydrogens is 324 g/mol. The Morgan fingerprint density at radius 1 is 1.39 bits per heavy atom. The molecule has 0 unspecified atom stereocenters. The fourth-order valence-electron chi connectivity index (χ4n) is 3.60. The lowest BCUT2D eigenvalue weighted by molar-refractivity contribution is 0.293. The number of rotatable bonds is 3. The lowest BCUT2D eigenvalue weighted by Gasteiger charge is -2.45. The van der Waals surface area contributed by atoms with Crippen molar-refractivity contribution in [2.24, 2.45) is 4.99 Å². The van der Waals surface area contributed by atoms with E-state index in [1.54, 1.807) is 11.3 Å². The minimum Gasteiger partial charge on any atom is -0.350 e. The van der Waals surface area contributed by atoms with Crippen LogP contribution in [0.25, 0.3) is 0 Å². The maximum Gasteiger partial charge on any atom is 0.194 e. The van der Waals surface area contributed by atoms with Gasteiger partial charge in [-0.2, -0.15) is 11.8 Å². The van der Waals surface area contributed by atoms with Gasteiger partial charge in [0.1, 0.15) is 5.01 Å². The van der Waals surface area contributed by atoms with Crippen LogP contribution in [0.2, 0.25) is 0 Å². The van der Waals surface area contributed by atoms with E-state index in [1.807, 2.05) is 13.2 Å². The third-order valence-electron chi connectivity index (χ3n) is 4.87. The summed E-state index contributed by atoms with van der Waals surface area (Å²) in [5.74, 6) is 2.27. The molecule has 1 spiro atoms. The van der Waals surface area contributed by atoms with Gasteiger partial charge in [-0.1, -0.05) is 26.2 Å². The molecule has 2 aliphatic rings. The predicted octanol–water partition coefficient (Wildman–Crippen LogP) is 3.53. The van der Waals surface area contributed by atoms with Gasteiger partial charge in [0.25, 0.3) is 0 Å². The smallest absolute Gasteiger partial charge is 0.194 e. The van der Waals surface area contributed by atoms with Gasteiger partial charge in [-0.25, -0.2) is 4.98 Å². The summed E-state index contributed by atoms with van der Waals surface area (Å²) in [5.41, 5.74) is 0. The molecule has 2 heterocycles. The first-order chi connectivity index (χ1) is 11.2. The second kappa shape index (κ2) is 7.88. The highest BCUT2D eigenvalue weighted by Crippen LogP contribution is 2.42. The van der Waals surface area contributed by atoms with E-state index in [1.165, 1.54) is 42.7 Å². The monoisotopic (exact) mass is 352 g/mol. The molecule has 23 heavy (non-hydrogen) atoms. The van der Waals surface area contributed by atoms with Crippen molar-refractivity contribution in [3.8, 4) is 0 Å². The van der Waals surface area contributed by atoms with E-state index < -0.39 is 0 Å². The largest absolute Gasteiger partial charge is 0.350 e. The zero-order valence-corrected chi connectivity index (χ0v) is 15.9. The van der Waals surface area contributed by atoms with Crippen LogP contribution in [0.1, 0.15) is 48.9 Å². The molecule has 0 radical (unpaired) electrons. The van der Waals surface area contributed by atoms with E-state index >= 15 is 0 Å². The van der Waals surface area contributed by atoms with Gasteiger partial charge < -0.3 is 10.2 Å². The summed E-state index contributed by atoms with van der Waals surface area (Å²) in [6.45, 7) is 5.21. The van der Waals surface area contributed by atoms with Gasteiger partial charge in [-0.3, -0.25) is 4.99 Å². The standard InChI is InChI=1S/C17H28N4S2/c1-3-14-11-19-15(23-14)12-20-16(18-2)21-9-10-22-17(13-21)7-5-4-6-8-17/h11H,3-10,12-13H2,1-2H3,(H,18,20). The summed E-state index contributed by atoms with van der Waals surface area (Å²) < 4.78 is 0.477. The average molecular weight is 353 g/mol. The van der Waals surface area contributed by atoms with Gasteiger partial charge in [0, 0.05) is 41.7 Å². The summed E-state index contributed by atoms with van der Waals surface area (Å²) in [6, 6.07) is 0. The summed E-state index contributed by atoms with van der Waals surface area (Å²) in [4.78, 5) is 12.9. The molecule has 0 bridgehead atoms. The van der Waals surface area contributed by atoms with Crippen molar-refractivity contribution < 1.29 is 0 Å². The molecule has 1 aromatic heterocycles. The van der Waals surface area contributed by atoms with E-state index in [9.17, 15) is 0 Å². The summed E-state index contributed by atoms with van der Waals surface area (Å²) in [5, 5.41) is 4.68. The van der Waals surface area contributed by atoms with E-state index in [2.05, 4.69) is 38.9 Å². The van der Waals surface area contributed by atoms with Crippen LogP contribution < -0.4 is 5.32 Å². The topological polar surface area (TPSA) is 40.5 Å². The SMILES string of the molecule is CCc1cnc(CNC(=NC)N2CCSC3(CCCCC3)C2)s1. The minimum atomic E-state index is 0.477. The number of hydrogen-bond donors (Lipinski definition) is 1. The summed E-state index contributed by atoms with van der Waals surface area (Å²) in [7, 11) is 1.90. The van der Waals surface area contributed by atoms with Gasteiger partial charge >= 0.3 is 0 Å². The Labute approximate surface area is 148 Å². The second-order valence-corrected chi connectivity index (χ2v) is 9.25. The van der Waals surface area contributed by atoms with Crippen LogP contribution in [0.4, 0.5) is 0 Å². The van der Waals surface area contributed by atoms with Crippen molar-refractivity contribution in [3.05, 3.63) is 16.1 Å². The second-order valence-electron chi connectivity index (χ2n) is 6.49. The third kappa shape index (κ3) is 4.21. The molecule has 0 amide bonds. The van der Waals surface area contributed by atoms with Gasteiger partial charge in [0.2, 0.25) is 0 Å². The van der Waals surface area contributed by atoms with Crippen LogP contribution in [-0.2, 0) is 13.0 Å². The van der Waals surface area contributed by atoms with Gasteiger partial charge in [-0.15, -0.1) is 11.3 Å². The molecule has 128 valence electrons. The minimum absolute atomic E-state index is 0.477. The molecule has 0 aromatic carbocycles. The maximum absolute atomic E-state index is 4.53. The van der Waals surface area contributed by atoms with Crippen LogP contribution in [0.15, 0.2) is 11.2 Å². The van der Waals surface area contributed by atoms with E-state index in [-0.39, 0.29) is 0 Å². The number of guanidine groups is 1. The molecule has 4 nitrogen and oxygen atoms in total. The summed E-state index contributed by atoms with van der Waals surface area (Å²) in [6.07, 6.45) is 10.0. The number of aliphatic imine (C=N–C) groups is 1. The van der Waals surface area contributed by atoms with Gasteiger partial charge in [0.05, 0.1) is 6.54 Å². The first-order valence-corrected chi connectivity index (χ1v) is 10.6. The normalized spacial score (nSPS) is 21.7. The third-order valence-corrected chi connectivity index (χ3v) is 7.55. The van der Waals surface area contributed by atoms with Gasteiger partial charge in [-0.05, 0) is 19.3 Å². The molecule has 6 heteroatoms. The van der Waals surface area contributed by atoms with E-state index in [0.29, 0.717) is 4.75 Å². The van der Waals surface area contributed by atoms with E-state index in [4.69, 9.17) is 0 Å². The van der Waals surface area contributed by atoms with Crippen molar-refractivity contribution in [1.29, 1.82) is 0 Å². The zero-order valence-electron chi connectivity index (χ0n) is 14.3. The van der Waals surface area contributed by atoms with Crippen LogP contribution in [-0.4, -0.2) is 46.5 Å². The first-order valence-electron chi connectivity index (χ1n) is 8.78. The van der Waals surface area contributed by atoms with Crippen molar-refractivity contribution in [1.82, 2.24) is 15.2 Å². The van der Waals surface area contributed by atoms with Crippen LogP contribution in [0, 0.1) is 0 Å². The molecule has 0 atom stereocenters. The molecule has 1 saturated heterocycles. The van der Waals surface area contributed by atoms with Gasteiger partial charge in [0.15, 0.2) is 5.96 Å². The molecular formula is C17H28N4S2. The highest BCUT2D eigenvalue weighted by Gasteiger charge is 2.38. The Morgan fingerprint density at radius 3 is 2.91 bits per heavy atom. The highest BCUT2D eigenvalue weighted by molar-refractivity contribution is 8.00. The van der Waals surface area contributed by atoms with Crippen molar-refractivity contribution in [3.63, 3.8) is 0 Å². The van der Waals surface area contributed by atoms with E-state index in [0.717, 1.165) is 37.0 Å². The fraction of sp³-hybridized carbons (Fsp3) is 0.765. The predicted molar refractivity (Wildman–Crippen MR) is 102 cm³/mol. The average Bonchev–Trinajstić information content (AvgIpc) is 3.04. The molecule has 1 N–H and O–H groups in total. The molecule has 2 fully saturated rings. The molecule has 1 aromatic rings. The molecule has 1 aliphatic heterocycles. The summed E-state index contributed by atoms with van der Waals surface area (Å²) >= 11 is 4.01. The van der Waals surface area contributed by atoms with Crippen molar-refractivity contribution >= 4 is 29.1 Å². The maximum atomic E-state index is 4.53. The quantitative estimate of drug-likeness (QED) is 0.667. The first kappa shape index (κ1) is 17.1. The fourth-order valence-corrected chi connectivity index (χ4v) is 5.98. The van der Waals surface area contributed by atoms with Crippen LogP contribution in [0.3, 0.4) is 0 Å².